The number of rotatable bonds is 6. The molecular weight excluding hydrogens is 302 g/mol. The van der Waals surface area contributed by atoms with Crippen molar-refractivity contribution in [2.24, 2.45) is 5.92 Å². The highest BCUT2D eigenvalue weighted by atomic mass is 35.5. The Morgan fingerprint density at radius 1 is 1.36 bits per heavy atom. The van der Waals surface area contributed by atoms with E-state index < -0.39 is 0 Å². The third-order valence-corrected chi connectivity index (χ3v) is 4.51. The van der Waals surface area contributed by atoms with Gasteiger partial charge < -0.3 is 10.1 Å². The van der Waals surface area contributed by atoms with Crippen LogP contribution in [0.15, 0.2) is 18.5 Å². The molecule has 2 aliphatic rings. The van der Waals surface area contributed by atoms with Crippen molar-refractivity contribution in [1.82, 2.24) is 15.2 Å². The molecule has 1 N–H and O–H groups in total. The predicted molar refractivity (Wildman–Crippen MR) is 85.1 cm³/mol. The molecule has 2 fully saturated rings. The van der Waals surface area contributed by atoms with Gasteiger partial charge in [0, 0.05) is 24.5 Å². The van der Waals surface area contributed by atoms with Crippen molar-refractivity contribution in [3.05, 3.63) is 23.5 Å². The fraction of sp³-hybridized carbons (Fsp3) is 0.625. The molecule has 0 unspecified atom stereocenters. The molecule has 1 aliphatic carbocycles. The first-order chi connectivity index (χ1) is 10.7. The van der Waals surface area contributed by atoms with E-state index in [-0.39, 0.29) is 5.91 Å². The molecule has 0 atom stereocenters. The molecule has 0 aromatic carbocycles. The van der Waals surface area contributed by atoms with Gasteiger partial charge in [-0.05, 0) is 44.7 Å². The summed E-state index contributed by atoms with van der Waals surface area (Å²) < 4.78 is 5.78. The monoisotopic (exact) mass is 323 g/mol. The van der Waals surface area contributed by atoms with Crippen LogP contribution >= 0.6 is 11.6 Å². The number of nitrogens with one attached hydrogen (secondary N) is 1. The number of carbonyl (C=O) groups excluding carboxylic acids is 1. The molecule has 0 spiro atoms. The molecule has 5 nitrogen and oxygen atoms in total. The van der Waals surface area contributed by atoms with Crippen molar-refractivity contribution < 1.29 is 9.53 Å². The van der Waals surface area contributed by atoms with Gasteiger partial charge in [0.15, 0.2) is 0 Å². The lowest BCUT2D eigenvalue weighted by molar-refractivity contribution is -0.122. The normalized spacial score (nSPS) is 19.9. The van der Waals surface area contributed by atoms with Crippen LogP contribution in [0.4, 0.5) is 0 Å². The van der Waals surface area contributed by atoms with Gasteiger partial charge in [-0.15, -0.1) is 0 Å². The van der Waals surface area contributed by atoms with Gasteiger partial charge in [0.2, 0.25) is 5.91 Å². The van der Waals surface area contributed by atoms with E-state index in [4.69, 9.17) is 16.3 Å². The van der Waals surface area contributed by atoms with Gasteiger partial charge in [-0.25, -0.2) is 0 Å². The van der Waals surface area contributed by atoms with E-state index in [1.165, 1.54) is 0 Å². The van der Waals surface area contributed by atoms with Gasteiger partial charge in [-0.3, -0.25) is 14.7 Å². The molecule has 1 saturated heterocycles. The van der Waals surface area contributed by atoms with Gasteiger partial charge in [0.05, 0.1) is 13.2 Å². The number of aromatic nitrogens is 1. The number of amides is 1. The van der Waals surface area contributed by atoms with Crippen LogP contribution in [0.5, 0.6) is 5.75 Å². The lowest BCUT2D eigenvalue weighted by atomic mass is 9.98. The minimum Gasteiger partial charge on any atom is -0.492 e. The lowest BCUT2D eigenvalue weighted by Gasteiger charge is -2.31. The molecule has 1 aromatic rings. The van der Waals surface area contributed by atoms with Crippen LogP contribution in [-0.4, -0.2) is 48.1 Å². The molecule has 2 heterocycles. The number of likely N-dealkylation sites (tertiary alicyclic amines) is 1. The smallest absolute Gasteiger partial charge is 0.234 e. The SMILES string of the molecule is O=C(CN1CCC(COc2ccncc2Cl)CC1)NC1CC1. The summed E-state index contributed by atoms with van der Waals surface area (Å²) in [7, 11) is 0. The van der Waals surface area contributed by atoms with Gasteiger partial charge in [0.1, 0.15) is 10.8 Å². The number of hydrogen-bond donors (Lipinski definition) is 1. The number of halogens is 1. The molecule has 3 rings (SSSR count). The summed E-state index contributed by atoms with van der Waals surface area (Å²) in [5.74, 6) is 1.38. The standard InChI is InChI=1S/C16H22ClN3O2/c17-14-9-18-6-3-15(14)22-11-12-4-7-20(8-5-12)10-16(21)19-13-1-2-13/h3,6,9,12-13H,1-2,4-5,7-8,10-11H2,(H,19,21). The van der Waals surface area contributed by atoms with Gasteiger partial charge in [-0.1, -0.05) is 11.6 Å². The first-order valence-corrected chi connectivity index (χ1v) is 8.32. The highest BCUT2D eigenvalue weighted by molar-refractivity contribution is 6.31. The highest BCUT2D eigenvalue weighted by Crippen LogP contribution is 2.24. The second-order valence-electron chi connectivity index (χ2n) is 6.18. The van der Waals surface area contributed by atoms with Gasteiger partial charge in [0.25, 0.3) is 0 Å². The Hall–Kier alpha value is -1.33. The molecule has 0 bridgehead atoms. The average Bonchev–Trinajstić information content (AvgIpc) is 3.32. The minimum atomic E-state index is 0.167. The quantitative estimate of drug-likeness (QED) is 0.871. The van der Waals surface area contributed by atoms with Crippen molar-refractivity contribution in [3.8, 4) is 5.75 Å². The van der Waals surface area contributed by atoms with E-state index in [1.807, 2.05) is 0 Å². The Bertz CT molecular complexity index is 514. The summed E-state index contributed by atoms with van der Waals surface area (Å²) >= 11 is 6.03. The zero-order valence-corrected chi connectivity index (χ0v) is 13.4. The molecule has 6 heteroatoms. The van der Waals surface area contributed by atoms with E-state index >= 15 is 0 Å². The Labute approximate surface area is 136 Å². The van der Waals surface area contributed by atoms with Crippen LogP contribution < -0.4 is 10.1 Å². The Kier molecular flexibility index (Phi) is 5.16. The molecule has 0 radical (unpaired) electrons. The first-order valence-electron chi connectivity index (χ1n) is 7.95. The summed E-state index contributed by atoms with van der Waals surface area (Å²) in [6, 6.07) is 2.24. The number of piperidine rings is 1. The molecule has 1 saturated carbocycles. The van der Waals surface area contributed by atoms with E-state index in [0.29, 0.717) is 35.9 Å². The summed E-state index contributed by atoms with van der Waals surface area (Å²) in [5, 5.41) is 3.59. The Morgan fingerprint density at radius 2 is 2.14 bits per heavy atom. The number of ether oxygens (including phenoxy) is 1. The maximum atomic E-state index is 11.8. The predicted octanol–water partition coefficient (Wildman–Crippen LogP) is 2.10. The van der Waals surface area contributed by atoms with Crippen LogP contribution in [0.1, 0.15) is 25.7 Å². The number of hydrogen-bond acceptors (Lipinski definition) is 4. The molecule has 1 aromatic heterocycles. The third kappa shape index (κ3) is 4.58. The summed E-state index contributed by atoms with van der Waals surface area (Å²) in [5.41, 5.74) is 0. The summed E-state index contributed by atoms with van der Waals surface area (Å²) in [6.45, 7) is 3.11. The van der Waals surface area contributed by atoms with Crippen LogP contribution in [0.2, 0.25) is 5.02 Å². The van der Waals surface area contributed by atoms with E-state index in [9.17, 15) is 4.79 Å². The third-order valence-electron chi connectivity index (χ3n) is 4.23. The molecule has 1 aliphatic heterocycles. The van der Waals surface area contributed by atoms with Crippen molar-refractivity contribution in [2.75, 3.05) is 26.2 Å². The Morgan fingerprint density at radius 3 is 2.82 bits per heavy atom. The highest BCUT2D eigenvalue weighted by Gasteiger charge is 2.26. The number of nitrogens with zero attached hydrogens (tertiary/aromatic N) is 2. The molecule has 120 valence electrons. The fourth-order valence-electron chi connectivity index (χ4n) is 2.70. The number of carbonyl (C=O) groups is 1. The van der Waals surface area contributed by atoms with Crippen LogP contribution in [0.25, 0.3) is 0 Å². The van der Waals surface area contributed by atoms with E-state index in [0.717, 1.165) is 38.8 Å². The maximum Gasteiger partial charge on any atom is 0.234 e. The van der Waals surface area contributed by atoms with Crippen molar-refractivity contribution in [3.63, 3.8) is 0 Å². The fourth-order valence-corrected chi connectivity index (χ4v) is 2.88. The second-order valence-corrected chi connectivity index (χ2v) is 6.59. The van der Waals surface area contributed by atoms with E-state index in [1.54, 1.807) is 18.5 Å². The maximum absolute atomic E-state index is 11.8. The summed E-state index contributed by atoms with van der Waals surface area (Å²) in [4.78, 5) is 18.0. The zero-order chi connectivity index (χ0) is 15.4. The van der Waals surface area contributed by atoms with Gasteiger partial charge in [-0.2, -0.15) is 0 Å². The second kappa shape index (κ2) is 7.29. The van der Waals surface area contributed by atoms with E-state index in [2.05, 4.69) is 15.2 Å². The number of pyridine rings is 1. The molecule has 1 amide bonds. The average molecular weight is 324 g/mol. The molecule has 22 heavy (non-hydrogen) atoms. The first kappa shape index (κ1) is 15.6. The lowest BCUT2D eigenvalue weighted by Crippen LogP contribution is -2.42. The van der Waals surface area contributed by atoms with Crippen LogP contribution in [0, 0.1) is 5.92 Å². The van der Waals surface area contributed by atoms with Gasteiger partial charge >= 0.3 is 0 Å². The largest absolute Gasteiger partial charge is 0.492 e. The minimum absolute atomic E-state index is 0.167. The zero-order valence-electron chi connectivity index (χ0n) is 12.6. The summed E-state index contributed by atoms with van der Waals surface area (Å²) in [6.07, 6.45) is 7.67. The molecular formula is C16H22ClN3O2. The van der Waals surface area contributed by atoms with Crippen LogP contribution in [-0.2, 0) is 4.79 Å². The Balaban J connectivity index is 1.36. The van der Waals surface area contributed by atoms with Crippen LogP contribution in [0.3, 0.4) is 0 Å². The van der Waals surface area contributed by atoms with Crippen molar-refractivity contribution >= 4 is 17.5 Å². The topological polar surface area (TPSA) is 54.5 Å². The van der Waals surface area contributed by atoms with Crippen molar-refractivity contribution in [1.29, 1.82) is 0 Å². The van der Waals surface area contributed by atoms with Crippen molar-refractivity contribution in [2.45, 2.75) is 31.7 Å².